The maximum absolute atomic E-state index is 13.4. The number of hydrogen-bond acceptors (Lipinski definition) is 5. The molecule has 1 N–H and O–H groups in total. The fourth-order valence-electron chi connectivity index (χ4n) is 3.35. The summed E-state index contributed by atoms with van der Waals surface area (Å²) in [6, 6.07) is 4.25. The fourth-order valence-corrected chi connectivity index (χ4v) is 3.52. The van der Waals surface area contributed by atoms with Gasteiger partial charge in [0.05, 0.1) is 6.04 Å². The summed E-state index contributed by atoms with van der Waals surface area (Å²) in [5.74, 6) is -1.29. The predicted molar refractivity (Wildman–Crippen MR) is 95.7 cm³/mol. The number of carbonyl (C=O) groups is 1. The van der Waals surface area contributed by atoms with Gasteiger partial charge in [-0.3, -0.25) is 0 Å². The van der Waals surface area contributed by atoms with E-state index in [1.165, 1.54) is 13.1 Å². The molecule has 1 aromatic carbocycles. The Morgan fingerprint density at radius 3 is 2.82 bits per heavy atom. The molecule has 0 radical (unpaired) electrons. The van der Waals surface area contributed by atoms with Crippen LogP contribution in [0.1, 0.15) is 12.2 Å². The van der Waals surface area contributed by atoms with Crippen molar-refractivity contribution in [3.05, 3.63) is 29.0 Å². The van der Waals surface area contributed by atoms with Crippen molar-refractivity contribution in [3.8, 4) is 0 Å². The zero-order valence-electron chi connectivity index (χ0n) is 14.5. The van der Waals surface area contributed by atoms with Gasteiger partial charge in [0.25, 0.3) is 0 Å². The number of amides is 1. The number of halogens is 4. The topological polar surface area (TPSA) is 82.7 Å². The van der Waals surface area contributed by atoms with Crippen LogP contribution in [-0.4, -0.2) is 52.2 Å². The first kappa shape index (κ1) is 18.6. The van der Waals surface area contributed by atoms with Crippen LogP contribution in [0, 0.1) is 0 Å². The number of rotatable bonds is 2. The number of hydrogen-bond donors (Lipinski definition) is 1. The number of benzene rings is 1. The lowest BCUT2D eigenvalue weighted by Crippen LogP contribution is -2.38. The molecule has 148 valence electrons. The minimum Gasteiger partial charge on any atom is -0.465 e. The van der Waals surface area contributed by atoms with Crippen LogP contribution in [0.5, 0.6) is 0 Å². The lowest BCUT2D eigenvalue weighted by molar-refractivity contribution is -0.144. The summed E-state index contributed by atoms with van der Waals surface area (Å²) in [6.07, 6.45) is -5.39. The molecule has 1 fully saturated rings. The fraction of sp³-hybridized carbons (Fsp3) is 0.353. The molecule has 1 amide bonds. The van der Waals surface area contributed by atoms with E-state index in [1.54, 1.807) is 17.0 Å². The molecule has 1 aliphatic rings. The monoisotopic (exact) mass is 414 g/mol. The van der Waals surface area contributed by atoms with E-state index in [2.05, 4.69) is 9.97 Å². The van der Waals surface area contributed by atoms with Crippen LogP contribution in [0.3, 0.4) is 0 Å². The summed E-state index contributed by atoms with van der Waals surface area (Å²) in [4.78, 5) is 21.3. The molecule has 11 heteroatoms. The van der Waals surface area contributed by atoms with Gasteiger partial charge in [-0.2, -0.15) is 13.2 Å². The molecule has 0 spiro atoms. The van der Waals surface area contributed by atoms with Gasteiger partial charge in [-0.25, -0.2) is 14.8 Å². The molecule has 0 bridgehead atoms. The Hall–Kier alpha value is -2.75. The standard InChI is InChI=1S/C17H14ClF3N4O3/c1-24(16(26)27)9-4-5-25(7-9)14-13-12(22-15(23-14)17(19,20)21)10-6-8(18)2-3-11(10)28-13/h2-3,6,9H,4-5,7H2,1H3,(H,26,27)/t9-/m0/s1. The van der Waals surface area contributed by atoms with Crippen LogP contribution in [0.15, 0.2) is 22.6 Å². The summed E-state index contributed by atoms with van der Waals surface area (Å²) in [6.45, 7) is 0.535. The van der Waals surface area contributed by atoms with Gasteiger partial charge >= 0.3 is 12.3 Å². The minimum absolute atomic E-state index is 0.00839. The highest BCUT2D eigenvalue weighted by Crippen LogP contribution is 2.38. The third-order valence-electron chi connectivity index (χ3n) is 4.82. The Balaban J connectivity index is 1.87. The van der Waals surface area contributed by atoms with E-state index in [4.69, 9.17) is 21.1 Å². The summed E-state index contributed by atoms with van der Waals surface area (Å²) in [5.41, 5.74) is 0.474. The highest BCUT2D eigenvalue weighted by molar-refractivity contribution is 6.31. The van der Waals surface area contributed by atoms with Gasteiger partial charge < -0.3 is 19.3 Å². The highest BCUT2D eigenvalue weighted by Gasteiger charge is 2.38. The summed E-state index contributed by atoms with van der Waals surface area (Å²) in [5, 5.41) is 9.84. The van der Waals surface area contributed by atoms with Crippen molar-refractivity contribution < 1.29 is 27.5 Å². The zero-order valence-corrected chi connectivity index (χ0v) is 15.3. The number of furan rings is 1. The van der Waals surface area contributed by atoms with Gasteiger partial charge in [0, 0.05) is 30.5 Å². The number of alkyl halides is 3. The number of carboxylic acid groups (broad SMARTS) is 1. The van der Waals surface area contributed by atoms with E-state index in [0.717, 1.165) is 4.90 Å². The lowest BCUT2D eigenvalue weighted by atomic mass is 10.2. The second kappa shape index (κ2) is 6.40. The lowest BCUT2D eigenvalue weighted by Gasteiger charge is -2.22. The number of aromatic nitrogens is 2. The third-order valence-corrected chi connectivity index (χ3v) is 5.06. The van der Waals surface area contributed by atoms with Gasteiger partial charge in [0.15, 0.2) is 11.4 Å². The van der Waals surface area contributed by atoms with Gasteiger partial charge in [-0.05, 0) is 24.6 Å². The first-order chi connectivity index (χ1) is 13.1. The number of nitrogens with zero attached hydrogens (tertiary/aromatic N) is 4. The average molecular weight is 415 g/mol. The molecular weight excluding hydrogens is 401 g/mol. The van der Waals surface area contributed by atoms with Crippen molar-refractivity contribution in [2.45, 2.75) is 18.6 Å². The van der Waals surface area contributed by atoms with Gasteiger partial charge in [0.1, 0.15) is 11.1 Å². The molecule has 0 aliphatic carbocycles. The maximum atomic E-state index is 13.4. The summed E-state index contributed by atoms with van der Waals surface area (Å²) >= 11 is 5.98. The molecule has 3 aromatic rings. The molecule has 3 heterocycles. The van der Waals surface area contributed by atoms with E-state index in [-0.39, 0.29) is 29.5 Å². The number of fused-ring (bicyclic) bond motifs is 3. The Bertz CT molecular complexity index is 1080. The Morgan fingerprint density at radius 2 is 2.14 bits per heavy atom. The van der Waals surface area contributed by atoms with E-state index in [0.29, 0.717) is 29.0 Å². The number of likely N-dealkylation sites (N-methyl/N-ethyl adjacent to an activating group) is 1. The highest BCUT2D eigenvalue weighted by atomic mass is 35.5. The summed E-state index contributed by atoms with van der Waals surface area (Å²) < 4.78 is 45.9. The van der Waals surface area contributed by atoms with Crippen LogP contribution in [0.2, 0.25) is 5.02 Å². The zero-order chi connectivity index (χ0) is 20.2. The van der Waals surface area contributed by atoms with Crippen LogP contribution < -0.4 is 4.90 Å². The van der Waals surface area contributed by atoms with Crippen molar-refractivity contribution in [2.75, 3.05) is 25.0 Å². The van der Waals surface area contributed by atoms with Crippen LogP contribution >= 0.6 is 11.6 Å². The maximum Gasteiger partial charge on any atom is 0.451 e. The van der Waals surface area contributed by atoms with Crippen molar-refractivity contribution >= 4 is 45.6 Å². The molecular formula is C17H14ClF3N4O3. The molecule has 1 atom stereocenters. The normalized spacial score (nSPS) is 17.6. The quantitative estimate of drug-likeness (QED) is 0.675. The molecule has 4 rings (SSSR count). The molecule has 0 unspecified atom stereocenters. The Morgan fingerprint density at radius 1 is 1.39 bits per heavy atom. The molecule has 1 aliphatic heterocycles. The van der Waals surface area contributed by atoms with E-state index in [9.17, 15) is 18.0 Å². The largest absolute Gasteiger partial charge is 0.465 e. The van der Waals surface area contributed by atoms with Crippen LogP contribution in [0.25, 0.3) is 22.1 Å². The van der Waals surface area contributed by atoms with Crippen molar-refractivity contribution in [1.82, 2.24) is 14.9 Å². The van der Waals surface area contributed by atoms with Crippen molar-refractivity contribution in [2.24, 2.45) is 0 Å². The van der Waals surface area contributed by atoms with Crippen molar-refractivity contribution in [3.63, 3.8) is 0 Å². The predicted octanol–water partition coefficient (Wildman–Crippen LogP) is 4.24. The smallest absolute Gasteiger partial charge is 0.451 e. The molecule has 28 heavy (non-hydrogen) atoms. The van der Waals surface area contributed by atoms with Crippen LogP contribution in [-0.2, 0) is 6.18 Å². The Kier molecular flexibility index (Phi) is 4.25. The Labute approximate surface area is 161 Å². The first-order valence-corrected chi connectivity index (χ1v) is 8.70. The molecule has 2 aromatic heterocycles. The summed E-state index contributed by atoms with van der Waals surface area (Å²) in [7, 11) is 1.43. The van der Waals surface area contributed by atoms with Crippen molar-refractivity contribution in [1.29, 1.82) is 0 Å². The van der Waals surface area contributed by atoms with Crippen LogP contribution in [0.4, 0.5) is 23.8 Å². The number of anilines is 1. The van der Waals surface area contributed by atoms with Gasteiger partial charge in [-0.15, -0.1) is 0 Å². The second-order valence-corrected chi connectivity index (χ2v) is 7.01. The van der Waals surface area contributed by atoms with E-state index in [1.807, 2.05) is 0 Å². The molecule has 1 saturated heterocycles. The third kappa shape index (κ3) is 3.07. The molecule has 0 saturated carbocycles. The minimum atomic E-state index is -4.75. The van der Waals surface area contributed by atoms with Gasteiger partial charge in [-0.1, -0.05) is 11.6 Å². The SMILES string of the molecule is CN(C(=O)O)[C@H]1CCN(c2nc(C(F)(F)F)nc3c2oc2ccc(Cl)cc23)C1. The average Bonchev–Trinajstić information content (AvgIpc) is 3.24. The first-order valence-electron chi connectivity index (χ1n) is 8.33. The molecule has 7 nitrogen and oxygen atoms in total. The second-order valence-electron chi connectivity index (χ2n) is 6.57. The van der Waals surface area contributed by atoms with Gasteiger partial charge in [0.2, 0.25) is 5.82 Å². The van der Waals surface area contributed by atoms with E-state index < -0.39 is 18.1 Å². The van der Waals surface area contributed by atoms with E-state index >= 15 is 0 Å².